The maximum absolute atomic E-state index is 12.0. The maximum Gasteiger partial charge on any atom is 0.251 e. The van der Waals surface area contributed by atoms with Gasteiger partial charge in [0.1, 0.15) is 0 Å². The number of hydrogen-bond donors (Lipinski definition) is 3. The van der Waals surface area contributed by atoms with Gasteiger partial charge in [-0.2, -0.15) is 0 Å². The normalized spacial score (nSPS) is 18.7. The van der Waals surface area contributed by atoms with E-state index >= 15 is 0 Å². The Balaban J connectivity index is 2.07. The van der Waals surface area contributed by atoms with Gasteiger partial charge in [-0.05, 0) is 50.3 Å². The number of unbranched alkanes of at least 4 members (excludes halogenated alkanes) is 1. The Morgan fingerprint density at radius 2 is 2.21 bits per heavy atom. The molecule has 4 heteroatoms. The first-order valence-electron chi connectivity index (χ1n) is 7.09. The minimum Gasteiger partial charge on any atom is -0.330 e. The second kappa shape index (κ2) is 7.26. The van der Waals surface area contributed by atoms with Crippen molar-refractivity contribution in [2.24, 2.45) is 5.73 Å². The molecule has 104 valence electrons. The molecule has 1 unspecified atom stereocenters. The number of rotatable bonds is 6. The Hall–Kier alpha value is -1.39. The van der Waals surface area contributed by atoms with Gasteiger partial charge in [-0.3, -0.25) is 4.79 Å². The first kappa shape index (κ1) is 14.0. The van der Waals surface area contributed by atoms with Crippen molar-refractivity contribution >= 4 is 0 Å². The van der Waals surface area contributed by atoms with Crippen LogP contribution in [-0.4, -0.2) is 24.1 Å². The molecule has 1 aliphatic rings. The van der Waals surface area contributed by atoms with Gasteiger partial charge in [0.25, 0.3) is 5.56 Å². The van der Waals surface area contributed by atoms with Crippen LogP contribution in [0, 0.1) is 0 Å². The Morgan fingerprint density at radius 1 is 1.32 bits per heavy atom. The molecule has 1 aromatic heterocycles. The van der Waals surface area contributed by atoms with E-state index in [1.165, 1.54) is 5.56 Å². The molecule has 1 atom stereocenters. The summed E-state index contributed by atoms with van der Waals surface area (Å²) in [6.45, 7) is 1.62. The van der Waals surface area contributed by atoms with Gasteiger partial charge in [-0.1, -0.05) is 12.2 Å². The zero-order chi connectivity index (χ0) is 13.5. The fraction of sp³-hybridized carbons (Fsp3) is 0.533. The van der Waals surface area contributed by atoms with Crippen LogP contribution < -0.4 is 16.6 Å². The van der Waals surface area contributed by atoms with E-state index in [4.69, 9.17) is 5.73 Å². The Labute approximate surface area is 114 Å². The predicted molar refractivity (Wildman–Crippen MR) is 78.3 cm³/mol. The van der Waals surface area contributed by atoms with Crippen LogP contribution in [0.3, 0.4) is 0 Å². The van der Waals surface area contributed by atoms with Gasteiger partial charge in [0.2, 0.25) is 0 Å². The smallest absolute Gasteiger partial charge is 0.251 e. The third-order valence-corrected chi connectivity index (χ3v) is 3.62. The summed E-state index contributed by atoms with van der Waals surface area (Å²) in [6.07, 6.45) is 10.8. The van der Waals surface area contributed by atoms with Gasteiger partial charge in [0, 0.05) is 24.3 Å². The van der Waals surface area contributed by atoms with E-state index in [1.807, 2.05) is 6.07 Å². The number of aromatic amines is 1. The Kier molecular flexibility index (Phi) is 5.36. The van der Waals surface area contributed by atoms with Crippen LogP contribution in [0.15, 0.2) is 29.2 Å². The summed E-state index contributed by atoms with van der Waals surface area (Å²) >= 11 is 0. The summed E-state index contributed by atoms with van der Waals surface area (Å²) < 4.78 is 0. The molecular weight excluding hydrogens is 238 g/mol. The minimum absolute atomic E-state index is 0.0564. The van der Waals surface area contributed by atoms with Crippen LogP contribution in [-0.2, 0) is 12.8 Å². The lowest BCUT2D eigenvalue weighted by Crippen LogP contribution is -2.34. The molecule has 0 fully saturated rings. The van der Waals surface area contributed by atoms with E-state index in [0.29, 0.717) is 12.6 Å². The van der Waals surface area contributed by atoms with E-state index in [1.54, 1.807) is 6.20 Å². The van der Waals surface area contributed by atoms with Crippen LogP contribution in [0.2, 0.25) is 0 Å². The van der Waals surface area contributed by atoms with E-state index in [-0.39, 0.29) is 5.56 Å². The van der Waals surface area contributed by atoms with Crippen molar-refractivity contribution in [2.75, 3.05) is 13.1 Å². The fourth-order valence-electron chi connectivity index (χ4n) is 2.55. The highest BCUT2D eigenvalue weighted by atomic mass is 16.1. The summed E-state index contributed by atoms with van der Waals surface area (Å²) in [6, 6.07) is 2.49. The molecule has 0 aromatic carbocycles. The van der Waals surface area contributed by atoms with Gasteiger partial charge in [0.15, 0.2) is 0 Å². The molecule has 2 rings (SSSR count). The number of pyridine rings is 1. The zero-order valence-corrected chi connectivity index (χ0v) is 11.3. The zero-order valence-electron chi connectivity index (χ0n) is 11.3. The average molecular weight is 261 g/mol. The minimum atomic E-state index is 0.0564. The highest BCUT2D eigenvalue weighted by Crippen LogP contribution is 2.13. The Bertz CT molecular complexity index is 479. The maximum atomic E-state index is 12.0. The lowest BCUT2D eigenvalue weighted by molar-refractivity contribution is 0.522. The molecule has 4 nitrogen and oxygen atoms in total. The van der Waals surface area contributed by atoms with Gasteiger partial charge >= 0.3 is 0 Å². The van der Waals surface area contributed by atoms with Gasteiger partial charge < -0.3 is 16.0 Å². The summed E-state index contributed by atoms with van der Waals surface area (Å²) in [5.74, 6) is 0. The first-order valence-corrected chi connectivity index (χ1v) is 7.09. The van der Waals surface area contributed by atoms with E-state index < -0.39 is 0 Å². The summed E-state index contributed by atoms with van der Waals surface area (Å²) in [5.41, 5.74) is 7.68. The number of nitrogens with one attached hydrogen (secondary N) is 2. The molecule has 4 N–H and O–H groups in total. The van der Waals surface area contributed by atoms with Crippen molar-refractivity contribution in [2.45, 2.75) is 38.1 Å². The van der Waals surface area contributed by atoms with Crippen molar-refractivity contribution < 1.29 is 0 Å². The largest absolute Gasteiger partial charge is 0.330 e. The van der Waals surface area contributed by atoms with Crippen LogP contribution in [0.4, 0.5) is 0 Å². The highest BCUT2D eigenvalue weighted by molar-refractivity contribution is 5.25. The van der Waals surface area contributed by atoms with Gasteiger partial charge in [-0.25, -0.2) is 0 Å². The molecule has 0 spiro atoms. The standard InChI is InChI=1S/C15H23N3O/c16-8-3-1-6-14-12(7-10-18-15(14)19)11-13-5-2-4-9-17-13/h2,4,7,10,13,17H,1,3,5-6,8-9,11,16H2,(H,18,19). The van der Waals surface area contributed by atoms with E-state index in [2.05, 4.69) is 22.5 Å². The second-order valence-electron chi connectivity index (χ2n) is 5.07. The van der Waals surface area contributed by atoms with Crippen molar-refractivity contribution in [1.29, 1.82) is 0 Å². The third-order valence-electron chi connectivity index (χ3n) is 3.62. The lowest BCUT2D eigenvalue weighted by Gasteiger charge is -2.20. The fourth-order valence-corrected chi connectivity index (χ4v) is 2.55. The van der Waals surface area contributed by atoms with Crippen molar-refractivity contribution in [3.63, 3.8) is 0 Å². The molecule has 19 heavy (non-hydrogen) atoms. The topological polar surface area (TPSA) is 70.9 Å². The average Bonchev–Trinajstić information content (AvgIpc) is 2.43. The molecular formula is C15H23N3O. The number of hydrogen-bond acceptors (Lipinski definition) is 3. The summed E-state index contributed by atoms with van der Waals surface area (Å²) in [4.78, 5) is 14.7. The monoisotopic (exact) mass is 261 g/mol. The van der Waals surface area contributed by atoms with Crippen molar-refractivity contribution in [3.05, 3.63) is 45.9 Å². The summed E-state index contributed by atoms with van der Waals surface area (Å²) in [5, 5.41) is 3.46. The first-order chi connectivity index (χ1) is 9.31. The highest BCUT2D eigenvalue weighted by Gasteiger charge is 2.13. The molecule has 0 saturated carbocycles. The van der Waals surface area contributed by atoms with Crippen molar-refractivity contribution in [1.82, 2.24) is 10.3 Å². The van der Waals surface area contributed by atoms with E-state index in [9.17, 15) is 4.79 Å². The van der Waals surface area contributed by atoms with Crippen LogP contribution in [0.1, 0.15) is 30.4 Å². The number of H-pyrrole nitrogens is 1. The van der Waals surface area contributed by atoms with Crippen molar-refractivity contribution in [3.8, 4) is 0 Å². The second-order valence-corrected chi connectivity index (χ2v) is 5.07. The molecule has 0 bridgehead atoms. The quantitative estimate of drug-likeness (QED) is 0.531. The van der Waals surface area contributed by atoms with Gasteiger partial charge in [0.05, 0.1) is 0 Å². The van der Waals surface area contributed by atoms with Gasteiger partial charge in [-0.15, -0.1) is 0 Å². The Morgan fingerprint density at radius 3 is 2.95 bits per heavy atom. The molecule has 0 saturated heterocycles. The summed E-state index contributed by atoms with van der Waals surface area (Å²) in [7, 11) is 0. The SMILES string of the molecule is NCCCCc1c(CC2CC=CCN2)cc[nH]c1=O. The third kappa shape index (κ3) is 4.04. The molecule has 0 radical (unpaired) electrons. The number of aromatic nitrogens is 1. The number of nitrogens with two attached hydrogens (primary N) is 1. The predicted octanol–water partition coefficient (Wildman–Crippen LogP) is 1.12. The van der Waals surface area contributed by atoms with Crippen LogP contribution in [0.25, 0.3) is 0 Å². The molecule has 0 amide bonds. The van der Waals surface area contributed by atoms with E-state index in [0.717, 1.165) is 44.2 Å². The molecule has 1 aromatic rings. The lowest BCUT2D eigenvalue weighted by atomic mass is 9.96. The molecule has 2 heterocycles. The molecule has 0 aliphatic carbocycles. The van der Waals surface area contributed by atoms with Crippen LogP contribution in [0.5, 0.6) is 0 Å². The van der Waals surface area contributed by atoms with Crippen LogP contribution >= 0.6 is 0 Å². The molecule has 1 aliphatic heterocycles.